The molecule has 0 saturated carbocycles. The zero-order chi connectivity index (χ0) is 9.26. The number of carbonyl (C=O) groups is 1. The van der Waals surface area contributed by atoms with Crippen molar-refractivity contribution in [3.05, 3.63) is 30.1 Å². The number of aromatic nitrogens is 1. The lowest BCUT2D eigenvalue weighted by molar-refractivity contribution is 0.134. The molecule has 0 aromatic carbocycles. The molecule has 2 heterocycles. The van der Waals surface area contributed by atoms with Crippen LogP contribution in [0.3, 0.4) is 0 Å². The second-order valence-corrected chi connectivity index (χ2v) is 3.04. The molecule has 1 aromatic heterocycles. The van der Waals surface area contributed by atoms with Gasteiger partial charge in [0, 0.05) is 12.4 Å². The summed E-state index contributed by atoms with van der Waals surface area (Å²) in [4.78, 5) is 14.8. The van der Waals surface area contributed by atoms with Gasteiger partial charge in [0.15, 0.2) is 0 Å². The second-order valence-electron chi connectivity index (χ2n) is 3.04. The monoisotopic (exact) mass is 178 g/mol. The molecule has 0 bridgehead atoms. The van der Waals surface area contributed by atoms with E-state index in [4.69, 9.17) is 4.74 Å². The van der Waals surface area contributed by atoms with Crippen molar-refractivity contribution in [2.45, 2.75) is 19.1 Å². The van der Waals surface area contributed by atoms with Crippen molar-refractivity contribution in [3.8, 4) is 0 Å². The predicted molar refractivity (Wildman–Crippen MR) is 46.1 cm³/mol. The Morgan fingerprint density at radius 1 is 1.46 bits per heavy atom. The maximum absolute atomic E-state index is 10.9. The van der Waals surface area contributed by atoms with Gasteiger partial charge in [-0.3, -0.25) is 4.98 Å². The maximum atomic E-state index is 10.9. The molecule has 1 amide bonds. The quantitative estimate of drug-likeness (QED) is 0.704. The van der Waals surface area contributed by atoms with Crippen LogP contribution in [0.1, 0.15) is 18.6 Å². The normalized spacial score (nSPS) is 26.7. The number of hydrogen-bond acceptors (Lipinski definition) is 3. The number of carbonyl (C=O) groups excluding carboxylic acids is 1. The highest BCUT2D eigenvalue weighted by molar-refractivity contribution is 5.70. The summed E-state index contributed by atoms with van der Waals surface area (Å²) in [6, 6.07) is 3.72. The number of rotatable bonds is 1. The number of nitrogens with zero attached hydrogens (tertiary/aromatic N) is 1. The molecule has 2 rings (SSSR count). The van der Waals surface area contributed by atoms with Gasteiger partial charge in [0.1, 0.15) is 6.10 Å². The van der Waals surface area contributed by atoms with E-state index in [1.807, 2.05) is 19.1 Å². The molecule has 1 aromatic rings. The van der Waals surface area contributed by atoms with Crippen molar-refractivity contribution in [1.29, 1.82) is 0 Å². The Morgan fingerprint density at radius 2 is 2.15 bits per heavy atom. The highest BCUT2D eigenvalue weighted by Gasteiger charge is 2.31. The summed E-state index contributed by atoms with van der Waals surface area (Å²) in [5, 5.41) is 2.68. The van der Waals surface area contributed by atoms with E-state index < -0.39 is 0 Å². The van der Waals surface area contributed by atoms with E-state index >= 15 is 0 Å². The van der Waals surface area contributed by atoms with Crippen LogP contribution in [0.5, 0.6) is 0 Å². The molecule has 1 saturated heterocycles. The lowest BCUT2D eigenvalue weighted by Crippen LogP contribution is -2.23. The molecule has 13 heavy (non-hydrogen) atoms. The first-order valence-electron chi connectivity index (χ1n) is 4.14. The van der Waals surface area contributed by atoms with E-state index in [1.165, 1.54) is 0 Å². The lowest BCUT2D eigenvalue weighted by atomic mass is 10.1. The van der Waals surface area contributed by atoms with Gasteiger partial charge in [0.2, 0.25) is 0 Å². The number of cyclic esters (lactones) is 1. The van der Waals surface area contributed by atoms with Crippen molar-refractivity contribution in [2.75, 3.05) is 0 Å². The molecular weight excluding hydrogens is 168 g/mol. The van der Waals surface area contributed by atoms with Crippen LogP contribution >= 0.6 is 0 Å². The summed E-state index contributed by atoms with van der Waals surface area (Å²) in [7, 11) is 0. The number of amides is 1. The first-order valence-corrected chi connectivity index (χ1v) is 4.14. The molecule has 1 N–H and O–H groups in total. The third kappa shape index (κ3) is 1.47. The van der Waals surface area contributed by atoms with Gasteiger partial charge in [-0.15, -0.1) is 0 Å². The Kier molecular flexibility index (Phi) is 1.88. The standard InChI is InChI=1S/C9H10N2O2/c1-6-8(13-9(12)11-6)7-2-4-10-5-3-7/h2-6,8H,1H3,(H,11,12)/t6-,8-/m0/s1. The first kappa shape index (κ1) is 8.04. The van der Waals surface area contributed by atoms with Gasteiger partial charge in [-0.2, -0.15) is 0 Å². The molecule has 4 nitrogen and oxygen atoms in total. The van der Waals surface area contributed by atoms with Crippen LogP contribution in [-0.4, -0.2) is 17.1 Å². The lowest BCUT2D eigenvalue weighted by Gasteiger charge is -2.11. The summed E-state index contributed by atoms with van der Waals surface area (Å²) >= 11 is 0. The molecule has 1 aliphatic rings. The minimum atomic E-state index is -0.352. The summed E-state index contributed by atoms with van der Waals surface area (Å²) in [5.41, 5.74) is 0.973. The van der Waals surface area contributed by atoms with E-state index in [0.29, 0.717) is 0 Å². The smallest absolute Gasteiger partial charge is 0.408 e. The third-order valence-corrected chi connectivity index (χ3v) is 2.07. The summed E-state index contributed by atoms with van der Waals surface area (Å²) in [6.07, 6.45) is 2.84. The number of hydrogen-bond donors (Lipinski definition) is 1. The minimum absolute atomic E-state index is 0.0231. The van der Waals surface area contributed by atoms with Gasteiger partial charge in [-0.1, -0.05) is 0 Å². The molecule has 0 spiro atoms. The third-order valence-electron chi connectivity index (χ3n) is 2.07. The molecular formula is C9H10N2O2. The van der Waals surface area contributed by atoms with Gasteiger partial charge in [0.05, 0.1) is 6.04 Å². The van der Waals surface area contributed by atoms with Gasteiger partial charge in [0.25, 0.3) is 0 Å². The maximum Gasteiger partial charge on any atom is 0.408 e. The molecule has 0 radical (unpaired) electrons. The van der Waals surface area contributed by atoms with Crippen LogP contribution in [0.15, 0.2) is 24.5 Å². The predicted octanol–water partition coefficient (Wildman–Crippen LogP) is 1.25. The number of pyridine rings is 1. The van der Waals surface area contributed by atoms with Crippen molar-refractivity contribution in [3.63, 3.8) is 0 Å². The van der Waals surface area contributed by atoms with Crippen molar-refractivity contribution >= 4 is 6.09 Å². The Hall–Kier alpha value is -1.58. The molecule has 0 aliphatic carbocycles. The highest BCUT2D eigenvalue weighted by Crippen LogP contribution is 2.24. The van der Waals surface area contributed by atoms with Crippen molar-refractivity contribution < 1.29 is 9.53 Å². The Morgan fingerprint density at radius 3 is 2.69 bits per heavy atom. The first-order chi connectivity index (χ1) is 6.27. The van der Waals surface area contributed by atoms with Crippen molar-refractivity contribution in [2.24, 2.45) is 0 Å². The molecule has 4 heteroatoms. The fourth-order valence-corrected chi connectivity index (χ4v) is 1.42. The SMILES string of the molecule is C[C@@H]1NC(=O)O[C@@H]1c1ccncc1. The van der Waals surface area contributed by atoms with Crippen LogP contribution in [0.25, 0.3) is 0 Å². The molecule has 1 fully saturated rings. The fourth-order valence-electron chi connectivity index (χ4n) is 1.42. The topological polar surface area (TPSA) is 51.2 Å². The van der Waals surface area contributed by atoms with Gasteiger partial charge >= 0.3 is 6.09 Å². The average Bonchev–Trinajstić information content (AvgIpc) is 2.47. The van der Waals surface area contributed by atoms with E-state index in [-0.39, 0.29) is 18.2 Å². The molecule has 68 valence electrons. The van der Waals surface area contributed by atoms with Crippen LogP contribution < -0.4 is 5.32 Å². The van der Waals surface area contributed by atoms with Gasteiger partial charge in [-0.05, 0) is 24.6 Å². The van der Waals surface area contributed by atoms with E-state index in [2.05, 4.69) is 10.3 Å². The van der Waals surface area contributed by atoms with E-state index in [1.54, 1.807) is 12.4 Å². The Balaban J connectivity index is 2.23. The average molecular weight is 178 g/mol. The van der Waals surface area contributed by atoms with E-state index in [9.17, 15) is 4.79 Å². The number of alkyl carbamates (subject to hydrolysis) is 1. The largest absolute Gasteiger partial charge is 0.439 e. The van der Waals surface area contributed by atoms with Crippen LogP contribution in [0, 0.1) is 0 Å². The highest BCUT2D eigenvalue weighted by atomic mass is 16.6. The molecule has 2 atom stereocenters. The summed E-state index contributed by atoms with van der Waals surface area (Å²) < 4.78 is 5.08. The zero-order valence-electron chi connectivity index (χ0n) is 7.23. The Bertz CT molecular complexity index is 313. The summed E-state index contributed by atoms with van der Waals surface area (Å²) in [6.45, 7) is 1.91. The Labute approximate surface area is 75.9 Å². The van der Waals surface area contributed by atoms with E-state index in [0.717, 1.165) is 5.56 Å². The van der Waals surface area contributed by atoms with Crippen LogP contribution in [0.4, 0.5) is 4.79 Å². The van der Waals surface area contributed by atoms with Crippen LogP contribution in [0.2, 0.25) is 0 Å². The van der Waals surface area contributed by atoms with Gasteiger partial charge in [-0.25, -0.2) is 4.79 Å². The fraction of sp³-hybridized carbons (Fsp3) is 0.333. The zero-order valence-corrected chi connectivity index (χ0v) is 7.23. The molecule has 1 aliphatic heterocycles. The minimum Gasteiger partial charge on any atom is -0.439 e. The summed E-state index contributed by atoms with van der Waals surface area (Å²) in [5.74, 6) is 0. The van der Waals surface area contributed by atoms with Crippen molar-refractivity contribution in [1.82, 2.24) is 10.3 Å². The number of nitrogens with one attached hydrogen (secondary N) is 1. The molecule has 0 unspecified atom stereocenters. The van der Waals surface area contributed by atoms with Crippen LogP contribution in [-0.2, 0) is 4.74 Å². The van der Waals surface area contributed by atoms with Gasteiger partial charge < -0.3 is 10.1 Å². The number of ether oxygens (including phenoxy) is 1. The second kappa shape index (κ2) is 3.05.